The Labute approximate surface area is 153 Å². The summed E-state index contributed by atoms with van der Waals surface area (Å²) >= 11 is 0. The Balaban J connectivity index is -0.000000659. The summed E-state index contributed by atoms with van der Waals surface area (Å²) in [6, 6.07) is 0.214. The van der Waals surface area contributed by atoms with Gasteiger partial charge < -0.3 is 5.32 Å². The van der Waals surface area contributed by atoms with Gasteiger partial charge in [0.2, 0.25) is 5.95 Å². The van der Waals surface area contributed by atoms with E-state index in [0.717, 1.165) is 31.0 Å². The molecule has 1 heterocycles. The van der Waals surface area contributed by atoms with Gasteiger partial charge in [-0.25, -0.2) is 4.68 Å². The monoisotopic (exact) mass is 338 g/mol. The Morgan fingerprint density at radius 3 is 1.96 bits per heavy atom. The van der Waals surface area contributed by atoms with E-state index in [2.05, 4.69) is 36.2 Å². The van der Waals surface area contributed by atoms with Crippen LogP contribution < -0.4 is 5.32 Å². The van der Waals surface area contributed by atoms with Crippen LogP contribution in [0.2, 0.25) is 5.31 Å². The lowest BCUT2D eigenvalue weighted by atomic mass is 9.61. The second kappa shape index (κ2) is 16.8. The molecule has 2 radical (unpaired) electrons. The zero-order valence-corrected chi connectivity index (χ0v) is 18.3. The third-order valence-corrected chi connectivity index (χ3v) is 3.45. The standard InChI is InChI=1S/C13H25BN4.3C2H6/c1-6-8-9-13(4,14)11(7-2)16-12-15-10(3)17-18(12)5;3*1-2/h11H,6-9H2,1-5H3,(H,15,16,17);3*1-2H3. The number of nitrogens with zero attached hydrogens (tertiary/aromatic N) is 3. The molecular formula is C19H43BN4. The zero-order chi connectivity index (χ0) is 19.8. The Morgan fingerprint density at radius 1 is 1.12 bits per heavy atom. The number of aromatic nitrogens is 3. The molecule has 0 aliphatic rings. The van der Waals surface area contributed by atoms with Gasteiger partial charge in [-0.2, -0.15) is 10.1 Å². The minimum atomic E-state index is -0.218. The summed E-state index contributed by atoms with van der Waals surface area (Å²) in [6.07, 6.45) is 4.32. The minimum absolute atomic E-state index is 0.214. The number of rotatable bonds is 7. The number of hydrogen-bond donors (Lipinski definition) is 1. The van der Waals surface area contributed by atoms with Crippen molar-refractivity contribution in [1.82, 2.24) is 14.8 Å². The van der Waals surface area contributed by atoms with E-state index in [1.54, 1.807) is 4.68 Å². The van der Waals surface area contributed by atoms with Crippen LogP contribution in [-0.4, -0.2) is 28.7 Å². The number of hydrogen-bond acceptors (Lipinski definition) is 3. The molecule has 0 amide bonds. The van der Waals surface area contributed by atoms with Gasteiger partial charge in [-0.1, -0.05) is 81.6 Å². The van der Waals surface area contributed by atoms with Gasteiger partial charge in [0.05, 0.1) is 7.85 Å². The van der Waals surface area contributed by atoms with Crippen LogP contribution in [0.4, 0.5) is 5.95 Å². The first-order chi connectivity index (χ1) is 11.4. The van der Waals surface area contributed by atoms with Crippen LogP contribution in [-0.2, 0) is 7.05 Å². The molecule has 0 fully saturated rings. The van der Waals surface area contributed by atoms with Crippen molar-refractivity contribution in [1.29, 1.82) is 0 Å². The van der Waals surface area contributed by atoms with Crippen molar-refractivity contribution >= 4 is 13.8 Å². The highest BCUT2D eigenvalue weighted by Crippen LogP contribution is 2.35. The maximum atomic E-state index is 6.44. The third-order valence-electron chi connectivity index (χ3n) is 3.45. The average Bonchev–Trinajstić information content (AvgIpc) is 2.93. The molecule has 1 aromatic rings. The fraction of sp³-hybridized carbons (Fsp3) is 0.895. The average molecular weight is 338 g/mol. The van der Waals surface area contributed by atoms with Crippen LogP contribution in [0.25, 0.3) is 0 Å². The van der Waals surface area contributed by atoms with Crippen molar-refractivity contribution in [2.45, 2.75) is 106 Å². The number of anilines is 1. The third kappa shape index (κ3) is 10.7. The summed E-state index contributed by atoms with van der Waals surface area (Å²) in [7, 11) is 8.34. The molecule has 0 spiro atoms. The molecule has 0 aromatic carbocycles. The molecule has 24 heavy (non-hydrogen) atoms. The van der Waals surface area contributed by atoms with Crippen molar-refractivity contribution in [3.8, 4) is 0 Å². The lowest BCUT2D eigenvalue weighted by Crippen LogP contribution is -2.34. The summed E-state index contributed by atoms with van der Waals surface area (Å²) in [5, 5.41) is 7.46. The van der Waals surface area contributed by atoms with Gasteiger partial charge in [0.25, 0.3) is 0 Å². The Kier molecular flexibility index (Phi) is 19.5. The van der Waals surface area contributed by atoms with Gasteiger partial charge in [-0.3, -0.25) is 0 Å². The van der Waals surface area contributed by atoms with E-state index in [9.17, 15) is 0 Å². The van der Waals surface area contributed by atoms with Crippen molar-refractivity contribution < 1.29 is 0 Å². The largest absolute Gasteiger partial charge is 0.352 e. The molecule has 1 rings (SSSR count). The molecule has 2 atom stereocenters. The predicted molar refractivity (Wildman–Crippen MR) is 111 cm³/mol. The Bertz CT molecular complexity index is 375. The van der Waals surface area contributed by atoms with E-state index in [0.29, 0.717) is 0 Å². The van der Waals surface area contributed by atoms with E-state index >= 15 is 0 Å². The second-order valence-corrected chi connectivity index (χ2v) is 5.32. The Hall–Kier alpha value is -0.995. The lowest BCUT2D eigenvalue weighted by molar-refractivity contribution is 0.444. The van der Waals surface area contributed by atoms with Crippen LogP contribution in [0.3, 0.4) is 0 Å². The highest BCUT2D eigenvalue weighted by Gasteiger charge is 2.28. The zero-order valence-electron chi connectivity index (χ0n) is 18.3. The summed E-state index contributed by atoms with van der Waals surface area (Å²) in [4.78, 5) is 4.38. The van der Waals surface area contributed by atoms with E-state index in [1.807, 2.05) is 55.5 Å². The molecule has 0 aliphatic carbocycles. The molecule has 0 aliphatic heterocycles. The highest BCUT2D eigenvalue weighted by atomic mass is 15.4. The topological polar surface area (TPSA) is 42.7 Å². The van der Waals surface area contributed by atoms with Crippen molar-refractivity contribution in [3.05, 3.63) is 5.82 Å². The quantitative estimate of drug-likeness (QED) is 0.627. The van der Waals surface area contributed by atoms with Gasteiger partial charge in [-0.15, -0.1) is 0 Å². The molecule has 2 unspecified atom stereocenters. The first kappa shape index (κ1) is 27.8. The van der Waals surface area contributed by atoms with Crippen molar-refractivity contribution in [3.63, 3.8) is 0 Å². The number of aryl methyl sites for hydroxylation is 2. The van der Waals surface area contributed by atoms with Gasteiger partial charge >= 0.3 is 0 Å². The van der Waals surface area contributed by atoms with E-state index < -0.39 is 0 Å². The smallest absolute Gasteiger partial charge is 0.221 e. The molecule has 5 heteroatoms. The molecular weight excluding hydrogens is 295 g/mol. The van der Waals surface area contributed by atoms with Crippen LogP contribution >= 0.6 is 0 Å². The first-order valence-corrected chi connectivity index (χ1v) is 9.83. The normalized spacial score (nSPS) is 13.0. The summed E-state index contributed by atoms with van der Waals surface area (Å²) in [5.41, 5.74) is 0. The maximum absolute atomic E-state index is 6.44. The molecule has 0 bridgehead atoms. The van der Waals surface area contributed by atoms with Gasteiger partial charge in [-0.05, 0) is 18.7 Å². The van der Waals surface area contributed by atoms with Crippen LogP contribution in [0.5, 0.6) is 0 Å². The van der Waals surface area contributed by atoms with Gasteiger partial charge in [0, 0.05) is 13.1 Å². The molecule has 142 valence electrons. The second-order valence-electron chi connectivity index (χ2n) is 5.32. The van der Waals surface area contributed by atoms with E-state index in [-0.39, 0.29) is 11.4 Å². The van der Waals surface area contributed by atoms with Crippen molar-refractivity contribution in [2.24, 2.45) is 7.05 Å². The highest BCUT2D eigenvalue weighted by molar-refractivity contribution is 6.15. The Morgan fingerprint density at radius 2 is 1.62 bits per heavy atom. The predicted octanol–water partition coefficient (Wildman–Crippen LogP) is 5.93. The van der Waals surface area contributed by atoms with Crippen LogP contribution in [0.1, 0.15) is 93.8 Å². The fourth-order valence-electron chi connectivity index (χ4n) is 2.26. The molecule has 0 saturated carbocycles. The van der Waals surface area contributed by atoms with E-state index in [4.69, 9.17) is 7.85 Å². The fourth-order valence-corrected chi connectivity index (χ4v) is 2.26. The number of nitrogens with one attached hydrogen (secondary N) is 1. The van der Waals surface area contributed by atoms with Crippen molar-refractivity contribution in [2.75, 3.05) is 5.32 Å². The minimum Gasteiger partial charge on any atom is -0.352 e. The SMILES string of the molecule is CC.CC.CC.[B]C(C)(CCCC)C(CC)Nc1nc(C)nn1C. The van der Waals surface area contributed by atoms with E-state index in [1.165, 1.54) is 6.42 Å². The van der Waals surface area contributed by atoms with Gasteiger partial charge in [0.15, 0.2) is 0 Å². The molecule has 1 aromatic heterocycles. The molecule has 0 saturated heterocycles. The molecule has 1 N–H and O–H groups in total. The first-order valence-electron chi connectivity index (χ1n) is 9.83. The van der Waals surface area contributed by atoms with Gasteiger partial charge in [0.1, 0.15) is 5.82 Å². The molecule has 4 nitrogen and oxygen atoms in total. The summed E-state index contributed by atoms with van der Waals surface area (Å²) < 4.78 is 1.77. The maximum Gasteiger partial charge on any atom is 0.221 e. The van der Waals surface area contributed by atoms with Crippen LogP contribution in [0.15, 0.2) is 0 Å². The lowest BCUT2D eigenvalue weighted by Gasteiger charge is -2.35. The number of unbranched alkanes of at least 4 members (excludes halogenated alkanes) is 1. The summed E-state index contributed by atoms with van der Waals surface area (Å²) in [6.45, 7) is 20.4. The van der Waals surface area contributed by atoms with Crippen LogP contribution in [0, 0.1) is 6.92 Å². The summed E-state index contributed by atoms with van der Waals surface area (Å²) in [5.74, 6) is 1.58.